The summed E-state index contributed by atoms with van der Waals surface area (Å²) in [6.07, 6.45) is 3.90. The second kappa shape index (κ2) is 6.51. The molecule has 1 aliphatic rings. The van der Waals surface area contributed by atoms with Crippen molar-refractivity contribution in [3.05, 3.63) is 16.3 Å². The van der Waals surface area contributed by atoms with Crippen LogP contribution in [-0.4, -0.2) is 45.1 Å². The van der Waals surface area contributed by atoms with Gasteiger partial charge in [-0.2, -0.15) is 5.10 Å². The molecule has 19 heavy (non-hydrogen) atoms. The summed E-state index contributed by atoms with van der Waals surface area (Å²) in [4.78, 5) is 27.4. The van der Waals surface area contributed by atoms with E-state index in [9.17, 15) is 9.59 Å². The van der Waals surface area contributed by atoms with Crippen LogP contribution in [-0.2, 0) is 11.3 Å². The van der Waals surface area contributed by atoms with Gasteiger partial charge in [0.2, 0.25) is 5.91 Å². The molecule has 0 bridgehead atoms. The molecule has 7 nitrogen and oxygen atoms in total. The molecule has 106 valence electrons. The van der Waals surface area contributed by atoms with E-state index in [1.165, 1.54) is 12.8 Å². The van der Waals surface area contributed by atoms with Crippen molar-refractivity contribution in [2.45, 2.75) is 45.2 Å². The van der Waals surface area contributed by atoms with E-state index in [1.807, 2.05) is 0 Å². The van der Waals surface area contributed by atoms with E-state index < -0.39 is 0 Å². The maximum atomic E-state index is 11.7. The number of H-pyrrole nitrogens is 2. The predicted molar refractivity (Wildman–Crippen MR) is 70.6 cm³/mol. The third-order valence-corrected chi connectivity index (χ3v) is 3.56. The first-order valence-corrected chi connectivity index (χ1v) is 6.79. The first-order chi connectivity index (χ1) is 9.15. The molecule has 0 aliphatic carbocycles. The Morgan fingerprint density at radius 1 is 1.47 bits per heavy atom. The zero-order valence-corrected chi connectivity index (χ0v) is 11.2. The molecule has 2 heterocycles. The molecule has 1 saturated heterocycles. The number of rotatable bonds is 6. The lowest BCUT2D eigenvalue weighted by molar-refractivity contribution is -0.121. The fraction of sp³-hybridized carbons (Fsp3) is 0.750. The first-order valence-electron chi connectivity index (χ1n) is 6.79. The number of aromatic amines is 2. The highest BCUT2D eigenvalue weighted by Gasteiger charge is 2.18. The second-order valence-corrected chi connectivity index (χ2v) is 5.03. The van der Waals surface area contributed by atoms with Crippen molar-refractivity contribution >= 4 is 5.91 Å². The van der Waals surface area contributed by atoms with Gasteiger partial charge in [0.25, 0.3) is 0 Å². The highest BCUT2D eigenvalue weighted by molar-refractivity contribution is 5.75. The maximum absolute atomic E-state index is 11.7. The van der Waals surface area contributed by atoms with Crippen LogP contribution in [0.2, 0.25) is 0 Å². The van der Waals surface area contributed by atoms with Crippen molar-refractivity contribution in [2.24, 2.45) is 0 Å². The predicted octanol–water partition coefficient (Wildman–Crippen LogP) is -0.0213. The highest BCUT2D eigenvalue weighted by atomic mass is 16.2. The van der Waals surface area contributed by atoms with Gasteiger partial charge in [-0.05, 0) is 39.3 Å². The van der Waals surface area contributed by atoms with Gasteiger partial charge in [-0.15, -0.1) is 0 Å². The van der Waals surface area contributed by atoms with Crippen LogP contribution in [0, 0.1) is 0 Å². The number of hydrogen-bond donors (Lipinski definition) is 3. The minimum atomic E-state index is -0.355. The molecule has 1 atom stereocenters. The normalized spacial score (nSPS) is 17.5. The maximum Gasteiger partial charge on any atom is 0.340 e. The Balaban J connectivity index is 1.65. The van der Waals surface area contributed by atoms with Gasteiger partial charge in [-0.3, -0.25) is 9.78 Å². The number of hydrogen-bond acceptors (Lipinski definition) is 4. The van der Waals surface area contributed by atoms with E-state index in [4.69, 9.17) is 0 Å². The molecule has 3 N–H and O–H groups in total. The molecule has 2 rings (SSSR count). The average molecular weight is 267 g/mol. The van der Waals surface area contributed by atoms with Crippen molar-refractivity contribution in [1.29, 1.82) is 0 Å². The molecule has 1 amide bonds. The van der Waals surface area contributed by atoms with Crippen LogP contribution in [0.5, 0.6) is 0 Å². The standard InChI is InChI=1S/C12H21N5O2/c1-9(17-6-2-3-7-17)4-5-11(18)13-8-10-14-12(19)16-15-10/h9H,2-8H2,1H3,(H,13,18)(H2,14,15,16,19). The van der Waals surface area contributed by atoms with Gasteiger partial charge in [0, 0.05) is 12.5 Å². The molecule has 0 radical (unpaired) electrons. The van der Waals surface area contributed by atoms with Gasteiger partial charge >= 0.3 is 5.69 Å². The lowest BCUT2D eigenvalue weighted by atomic mass is 10.1. The minimum absolute atomic E-state index is 0.00473. The topological polar surface area (TPSA) is 93.9 Å². The smallest absolute Gasteiger partial charge is 0.340 e. The number of nitrogens with one attached hydrogen (secondary N) is 3. The summed E-state index contributed by atoms with van der Waals surface area (Å²) in [5.41, 5.74) is -0.355. The van der Waals surface area contributed by atoms with Crippen LogP contribution in [0.15, 0.2) is 4.79 Å². The van der Waals surface area contributed by atoms with E-state index in [0.717, 1.165) is 19.5 Å². The molecule has 1 unspecified atom stereocenters. The van der Waals surface area contributed by atoms with Crippen molar-refractivity contribution in [3.63, 3.8) is 0 Å². The van der Waals surface area contributed by atoms with Crippen LogP contribution in [0.4, 0.5) is 0 Å². The second-order valence-electron chi connectivity index (χ2n) is 5.03. The first kappa shape index (κ1) is 13.8. The monoisotopic (exact) mass is 267 g/mol. The lowest BCUT2D eigenvalue weighted by Gasteiger charge is -2.23. The number of likely N-dealkylation sites (tertiary alicyclic amines) is 1. The third-order valence-electron chi connectivity index (χ3n) is 3.56. The van der Waals surface area contributed by atoms with Crippen molar-refractivity contribution in [1.82, 2.24) is 25.4 Å². The molecule has 0 spiro atoms. The van der Waals surface area contributed by atoms with Gasteiger partial charge in [0.15, 0.2) is 0 Å². The quantitative estimate of drug-likeness (QED) is 0.675. The SMILES string of the molecule is CC(CCC(=O)NCc1n[nH]c(=O)[nH]1)N1CCCC1. The molecule has 1 aromatic rings. The summed E-state index contributed by atoms with van der Waals surface area (Å²) < 4.78 is 0. The summed E-state index contributed by atoms with van der Waals surface area (Å²) >= 11 is 0. The fourth-order valence-corrected chi connectivity index (χ4v) is 2.36. The number of aromatic nitrogens is 3. The number of amides is 1. The van der Waals surface area contributed by atoms with Crippen molar-refractivity contribution in [3.8, 4) is 0 Å². The van der Waals surface area contributed by atoms with E-state index in [1.54, 1.807) is 0 Å². The van der Waals surface area contributed by atoms with Gasteiger partial charge in [0.1, 0.15) is 5.82 Å². The molecular weight excluding hydrogens is 246 g/mol. The van der Waals surface area contributed by atoms with Crippen LogP contribution in [0.1, 0.15) is 38.4 Å². The Hall–Kier alpha value is -1.63. The van der Waals surface area contributed by atoms with Gasteiger partial charge in [-0.25, -0.2) is 9.89 Å². The Labute approximate surface area is 111 Å². The minimum Gasteiger partial charge on any atom is -0.349 e. The van der Waals surface area contributed by atoms with E-state index >= 15 is 0 Å². The molecule has 0 aromatic carbocycles. The van der Waals surface area contributed by atoms with E-state index in [2.05, 4.69) is 32.3 Å². The fourth-order valence-electron chi connectivity index (χ4n) is 2.36. The van der Waals surface area contributed by atoms with Crippen LogP contribution >= 0.6 is 0 Å². The Morgan fingerprint density at radius 2 is 2.21 bits per heavy atom. The summed E-state index contributed by atoms with van der Waals surface area (Å²) in [6, 6.07) is 0.457. The highest BCUT2D eigenvalue weighted by Crippen LogP contribution is 2.14. The Kier molecular flexibility index (Phi) is 4.73. The largest absolute Gasteiger partial charge is 0.349 e. The van der Waals surface area contributed by atoms with Gasteiger partial charge in [-0.1, -0.05) is 0 Å². The van der Waals surface area contributed by atoms with Crippen LogP contribution in [0.25, 0.3) is 0 Å². The van der Waals surface area contributed by atoms with Crippen molar-refractivity contribution in [2.75, 3.05) is 13.1 Å². The molecule has 1 aromatic heterocycles. The van der Waals surface area contributed by atoms with E-state index in [0.29, 0.717) is 18.3 Å². The number of nitrogens with zero attached hydrogens (tertiary/aromatic N) is 2. The summed E-state index contributed by atoms with van der Waals surface area (Å²) in [5.74, 6) is 0.445. The molecule has 0 saturated carbocycles. The third kappa shape index (κ3) is 4.20. The molecule has 1 aliphatic heterocycles. The zero-order chi connectivity index (χ0) is 13.7. The average Bonchev–Trinajstić information content (AvgIpc) is 3.04. The van der Waals surface area contributed by atoms with E-state index in [-0.39, 0.29) is 18.1 Å². The summed E-state index contributed by atoms with van der Waals surface area (Å²) in [6.45, 7) is 4.73. The molecule has 7 heteroatoms. The van der Waals surface area contributed by atoms with Crippen LogP contribution < -0.4 is 11.0 Å². The van der Waals surface area contributed by atoms with Crippen LogP contribution in [0.3, 0.4) is 0 Å². The van der Waals surface area contributed by atoms with Gasteiger partial charge < -0.3 is 10.2 Å². The summed E-state index contributed by atoms with van der Waals surface area (Å²) in [5, 5.41) is 8.74. The Bertz CT molecular complexity index is 461. The molecule has 1 fully saturated rings. The zero-order valence-electron chi connectivity index (χ0n) is 11.2. The summed E-state index contributed by atoms with van der Waals surface area (Å²) in [7, 11) is 0. The van der Waals surface area contributed by atoms with Crippen molar-refractivity contribution < 1.29 is 4.79 Å². The Morgan fingerprint density at radius 3 is 2.84 bits per heavy atom. The van der Waals surface area contributed by atoms with Gasteiger partial charge in [0.05, 0.1) is 6.54 Å². The number of carbonyl (C=O) groups excluding carboxylic acids is 1. The lowest BCUT2D eigenvalue weighted by Crippen LogP contribution is -2.32. The number of carbonyl (C=O) groups is 1. The molecular formula is C12H21N5O2.